The molecule has 0 aliphatic carbocycles. The zero-order chi connectivity index (χ0) is 17.7. The summed E-state index contributed by atoms with van der Waals surface area (Å²) < 4.78 is 5.25. The minimum Gasteiger partial charge on any atom is -0.394 e. The van der Waals surface area contributed by atoms with Gasteiger partial charge in [0.05, 0.1) is 6.61 Å². The van der Waals surface area contributed by atoms with E-state index in [1.165, 1.54) is 32.1 Å². The van der Waals surface area contributed by atoms with Gasteiger partial charge in [-0.05, 0) is 6.42 Å². The molecular weight excluding hydrogens is 302 g/mol. The summed E-state index contributed by atoms with van der Waals surface area (Å²) >= 11 is 0. The van der Waals surface area contributed by atoms with Crippen LogP contribution in [0.4, 0.5) is 0 Å². The molecule has 0 heterocycles. The maximum absolute atomic E-state index is 11.3. The van der Waals surface area contributed by atoms with E-state index in [4.69, 9.17) is 15.6 Å². The normalized spacial score (nSPS) is 16.7. The van der Waals surface area contributed by atoms with Crippen LogP contribution >= 0.6 is 0 Å². The Bertz CT molecular complexity index is 302. The molecule has 0 aliphatic rings. The van der Waals surface area contributed by atoms with Crippen LogP contribution < -0.4 is 5.73 Å². The Balaban J connectivity index is 3.95. The van der Waals surface area contributed by atoms with Gasteiger partial charge in [-0.15, -0.1) is 0 Å². The van der Waals surface area contributed by atoms with Crippen molar-refractivity contribution in [3.8, 4) is 0 Å². The Morgan fingerprint density at radius 3 is 1.96 bits per heavy atom. The van der Waals surface area contributed by atoms with Crippen LogP contribution in [0.1, 0.15) is 58.3 Å². The molecule has 0 bridgehead atoms. The van der Waals surface area contributed by atoms with Crippen molar-refractivity contribution in [2.75, 3.05) is 13.2 Å². The minimum absolute atomic E-state index is 0.238. The third kappa shape index (κ3) is 9.88. The molecule has 0 radical (unpaired) electrons. The van der Waals surface area contributed by atoms with Crippen molar-refractivity contribution in [3.05, 3.63) is 0 Å². The van der Waals surface area contributed by atoms with E-state index in [1.54, 1.807) is 0 Å². The predicted octanol–water partition coefficient (Wildman–Crippen LogP) is 0.0726. The first kappa shape index (κ1) is 22.3. The highest BCUT2D eigenvalue weighted by Gasteiger charge is 2.35. The number of aliphatic hydroxyl groups is 4. The summed E-state index contributed by atoms with van der Waals surface area (Å²) in [5.41, 5.74) is 5.15. The first-order chi connectivity index (χ1) is 11.0. The standard InChI is InChI=1S/C16H33NO6/c1-2-3-4-5-6-7-8-9-10-23-15(16(17)22)14(21)13(20)12(19)11-18/h12-15,18-21H,2-11H2,1H3,(H2,17,22)/t12-,13-,14+,15-/m1/s1. The van der Waals surface area contributed by atoms with Gasteiger partial charge in [-0.3, -0.25) is 4.79 Å². The molecule has 0 aromatic heterocycles. The molecule has 0 fully saturated rings. The van der Waals surface area contributed by atoms with Crippen LogP contribution in [0.15, 0.2) is 0 Å². The van der Waals surface area contributed by atoms with Crippen molar-refractivity contribution in [3.63, 3.8) is 0 Å². The van der Waals surface area contributed by atoms with Gasteiger partial charge in [0.15, 0.2) is 6.10 Å². The number of hydrogen-bond acceptors (Lipinski definition) is 6. The number of aliphatic hydroxyl groups excluding tert-OH is 4. The average molecular weight is 335 g/mol. The second-order valence-electron chi connectivity index (χ2n) is 5.90. The summed E-state index contributed by atoms with van der Waals surface area (Å²) in [7, 11) is 0. The van der Waals surface area contributed by atoms with E-state index in [0.717, 1.165) is 19.3 Å². The first-order valence-electron chi connectivity index (χ1n) is 8.51. The zero-order valence-corrected chi connectivity index (χ0v) is 14.1. The number of rotatable bonds is 15. The average Bonchev–Trinajstić information content (AvgIpc) is 2.54. The predicted molar refractivity (Wildman–Crippen MR) is 86.7 cm³/mol. The van der Waals surface area contributed by atoms with Crippen LogP contribution in [-0.2, 0) is 9.53 Å². The second-order valence-corrected chi connectivity index (χ2v) is 5.90. The number of ether oxygens (including phenoxy) is 1. The van der Waals surface area contributed by atoms with Crippen LogP contribution in [-0.4, -0.2) is 64.0 Å². The summed E-state index contributed by atoms with van der Waals surface area (Å²) in [5, 5.41) is 37.5. The molecule has 0 aromatic rings. The van der Waals surface area contributed by atoms with Crippen molar-refractivity contribution in [2.24, 2.45) is 5.73 Å². The Hall–Kier alpha value is -0.730. The minimum atomic E-state index is -1.70. The molecule has 0 aromatic carbocycles. The lowest BCUT2D eigenvalue weighted by Gasteiger charge is -2.27. The number of unbranched alkanes of at least 4 members (excludes halogenated alkanes) is 7. The van der Waals surface area contributed by atoms with Crippen molar-refractivity contribution >= 4 is 5.91 Å². The highest BCUT2D eigenvalue weighted by atomic mass is 16.5. The van der Waals surface area contributed by atoms with E-state index < -0.39 is 36.9 Å². The van der Waals surface area contributed by atoms with Gasteiger partial charge in [0, 0.05) is 6.61 Å². The van der Waals surface area contributed by atoms with Crippen LogP contribution in [0, 0.1) is 0 Å². The molecule has 0 aliphatic heterocycles. The Morgan fingerprint density at radius 1 is 0.957 bits per heavy atom. The van der Waals surface area contributed by atoms with Gasteiger partial charge >= 0.3 is 0 Å². The van der Waals surface area contributed by atoms with Crippen LogP contribution in [0.5, 0.6) is 0 Å². The third-order valence-corrected chi connectivity index (χ3v) is 3.82. The summed E-state index contributed by atoms with van der Waals surface area (Å²) in [6, 6.07) is 0. The van der Waals surface area contributed by atoms with E-state index in [0.29, 0.717) is 0 Å². The Kier molecular flexibility index (Phi) is 13.3. The maximum atomic E-state index is 11.3. The van der Waals surface area contributed by atoms with Gasteiger partial charge in [-0.1, -0.05) is 51.9 Å². The fourth-order valence-electron chi connectivity index (χ4n) is 2.31. The van der Waals surface area contributed by atoms with E-state index in [1.807, 2.05) is 0 Å². The fraction of sp³-hybridized carbons (Fsp3) is 0.938. The summed E-state index contributed by atoms with van der Waals surface area (Å²) in [4.78, 5) is 11.3. The van der Waals surface area contributed by atoms with Gasteiger partial charge in [0.2, 0.25) is 5.91 Å². The highest BCUT2D eigenvalue weighted by Crippen LogP contribution is 2.11. The van der Waals surface area contributed by atoms with E-state index in [2.05, 4.69) is 6.92 Å². The molecule has 6 N–H and O–H groups in total. The quantitative estimate of drug-likeness (QED) is 0.269. The molecule has 0 spiro atoms. The molecule has 0 unspecified atom stereocenters. The highest BCUT2D eigenvalue weighted by molar-refractivity contribution is 5.79. The number of nitrogens with two attached hydrogens (primary N) is 1. The Morgan fingerprint density at radius 2 is 1.48 bits per heavy atom. The van der Waals surface area contributed by atoms with E-state index >= 15 is 0 Å². The van der Waals surface area contributed by atoms with Gasteiger partial charge in [-0.25, -0.2) is 0 Å². The monoisotopic (exact) mass is 335 g/mol. The Labute approximate surface area is 138 Å². The molecule has 0 rings (SSSR count). The van der Waals surface area contributed by atoms with Gasteiger partial charge in [0.1, 0.15) is 18.3 Å². The number of amides is 1. The van der Waals surface area contributed by atoms with E-state index in [-0.39, 0.29) is 6.61 Å². The number of primary amides is 1. The van der Waals surface area contributed by atoms with Crippen molar-refractivity contribution in [1.82, 2.24) is 0 Å². The van der Waals surface area contributed by atoms with E-state index in [9.17, 15) is 20.1 Å². The molecule has 1 amide bonds. The van der Waals surface area contributed by atoms with Gasteiger partial charge in [-0.2, -0.15) is 0 Å². The van der Waals surface area contributed by atoms with Crippen LogP contribution in [0.3, 0.4) is 0 Å². The third-order valence-electron chi connectivity index (χ3n) is 3.82. The zero-order valence-electron chi connectivity index (χ0n) is 14.1. The molecule has 7 heteroatoms. The van der Waals surface area contributed by atoms with Crippen LogP contribution in [0.2, 0.25) is 0 Å². The second kappa shape index (κ2) is 13.7. The largest absolute Gasteiger partial charge is 0.394 e. The summed E-state index contributed by atoms with van der Waals surface area (Å²) in [5.74, 6) is -0.916. The molecule has 0 saturated heterocycles. The lowest BCUT2D eigenvalue weighted by molar-refractivity contribution is -0.155. The number of carbonyl (C=O) groups is 1. The topological polar surface area (TPSA) is 133 Å². The molecule has 23 heavy (non-hydrogen) atoms. The molecule has 4 atom stereocenters. The summed E-state index contributed by atoms with van der Waals surface area (Å²) in [6.07, 6.45) is 2.57. The SMILES string of the molecule is CCCCCCCCCCO[C@@H](C(N)=O)[C@@H](O)[C@H](O)[C@H](O)CO. The van der Waals surface area contributed by atoms with Crippen molar-refractivity contribution in [1.29, 1.82) is 0 Å². The van der Waals surface area contributed by atoms with Gasteiger partial charge in [0.25, 0.3) is 0 Å². The number of carbonyl (C=O) groups excluding carboxylic acids is 1. The lowest BCUT2D eigenvalue weighted by Crippen LogP contribution is -2.51. The molecule has 138 valence electrons. The smallest absolute Gasteiger partial charge is 0.249 e. The summed E-state index contributed by atoms with van der Waals surface area (Å²) in [6.45, 7) is 1.68. The molecule has 0 saturated carbocycles. The number of hydrogen-bond donors (Lipinski definition) is 5. The van der Waals surface area contributed by atoms with Crippen molar-refractivity contribution < 1.29 is 30.0 Å². The fourth-order valence-corrected chi connectivity index (χ4v) is 2.31. The lowest BCUT2D eigenvalue weighted by atomic mass is 10.0. The van der Waals surface area contributed by atoms with Crippen LogP contribution in [0.25, 0.3) is 0 Å². The van der Waals surface area contributed by atoms with Gasteiger partial charge < -0.3 is 30.9 Å². The van der Waals surface area contributed by atoms with Crippen molar-refractivity contribution in [2.45, 2.75) is 82.7 Å². The first-order valence-corrected chi connectivity index (χ1v) is 8.51. The maximum Gasteiger partial charge on any atom is 0.249 e. The molecular formula is C16H33NO6. The molecule has 7 nitrogen and oxygen atoms in total.